The third kappa shape index (κ3) is 2.86. The summed E-state index contributed by atoms with van der Waals surface area (Å²) >= 11 is 1.64. The van der Waals surface area contributed by atoms with E-state index in [0.29, 0.717) is 31.6 Å². The second-order valence-corrected chi connectivity index (χ2v) is 8.32. The Kier molecular flexibility index (Phi) is 3.99. The maximum absolute atomic E-state index is 13.0. The van der Waals surface area contributed by atoms with Crippen LogP contribution in [0.1, 0.15) is 27.5 Å². The van der Waals surface area contributed by atoms with Crippen molar-refractivity contribution in [2.24, 2.45) is 0 Å². The van der Waals surface area contributed by atoms with E-state index in [4.69, 9.17) is 4.74 Å². The summed E-state index contributed by atoms with van der Waals surface area (Å²) in [5.74, 6) is -0.0202. The van der Waals surface area contributed by atoms with Gasteiger partial charge in [-0.3, -0.25) is 4.79 Å². The van der Waals surface area contributed by atoms with E-state index in [1.165, 1.54) is 0 Å². The first-order valence-electron chi connectivity index (χ1n) is 8.65. The molecule has 1 aromatic carbocycles. The van der Waals surface area contributed by atoms with Crippen LogP contribution in [0.4, 0.5) is 4.79 Å². The van der Waals surface area contributed by atoms with Gasteiger partial charge in [-0.25, -0.2) is 9.78 Å². The molecule has 0 bridgehead atoms. The molecule has 1 aromatic heterocycles. The Hall–Kier alpha value is -2.41. The average molecular weight is 371 g/mol. The molecular weight excluding hydrogens is 350 g/mol. The van der Waals surface area contributed by atoms with Gasteiger partial charge in [-0.1, -0.05) is 12.1 Å². The molecule has 2 amide bonds. The smallest absolute Gasteiger partial charge is 0.410 e. The third-order valence-corrected chi connectivity index (χ3v) is 6.14. The standard InChI is InChI=1S/C19H21N3O3S/c1-12-16(26-13(2)20-12)14-5-4-6-15(9-14)17(23)22-8-7-19(11-22)10-21(3)18(24)25-19/h4-6,9H,7-8,10-11H2,1-3H3. The third-order valence-electron chi connectivity index (χ3n) is 5.02. The van der Waals surface area contributed by atoms with Gasteiger partial charge in [0.25, 0.3) is 5.91 Å². The summed E-state index contributed by atoms with van der Waals surface area (Å²) in [5.41, 5.74) is 2.10. The fourth-order valence-electron chi connectivity index (χ4n) is 3.80. The molecule has 3 heterocycles. The minimum absolute atomic E-state index is 0.0202. The quantitative estimate of drug-likeness (QED) is 0.814. The zero-order valence-electron chi connectivity index (χ0n) is 15.1. The minimum atomic E-state index is -0.551. The average Bonchev–Trinajstić information content (AvgIpc) is 3.25. The zero-order chi connectivity index (χ0) is 18.5. The van der Waals surface area contributed by atoms with Gasteiger partial charge in [-0.2, -0.15) is 0 Å². The van der Waals surface area contributed by atoms with E-state index in [0.717, 1.165) is 21.1 Å². The lowest BCUT2D eigenvalue weighted by atomic mass is 10.0. The SMILES string of the molecule is Cc1nc(C)c(-c2cccc(C(=O)N3CCC4(CN(C)C(=O)O4)C3)c2)s1. The lowest BCUT2D eigenvalue weighted by Gasteiger charge is -2.22. The largest absolute Gasteiger partial charge is 0.439 e. The molecule has 0 N–H and O–H groups in total. The number of carbonyl (C=O) groups is 2. The van der Waals surface area contributed by atoms with Gasteiger partial charge in [0.15, 0.2) is 5.60 Å². The normalized spacial score (nSPS) is 22.3. The molecule has 6 nitrogen and oxygen atoms in total. The molecule has 136 valence electrons. The van der Waals surface area contributed by atoms with Crippen molar-refractivity contribution in [1.29, 1.82) is 0 Å². The molecule has 2 saturated heterocycles. The maximum atomic E-state index is 13.0. The number of carbonyl (C=O) groups excluding carboxylic acids is 2. The number of thiazole rings is 1. The van der Waals surface area contributed by atoms with Crippen LogP contribution in [0.5, 0.6) is 0 Å². The van der Waals surface area contributed by atoms with Gasteiger partial charge in [-0.05, 0) is 31.5 Å². The van der Waals surface area contributed by atoms with E-state index in [2.05, 4.69) is 4.98 Å². The van der Waals surface area contributed by atoms with E-state index in [-0.39, 0.29) is 12.0 Å². The Labute approximate surface area is 156 Å². The Morgan fingerprint density at radius 2 is 2.12 bits per heavy atom. The summed E-state index contributed by atoms with van der Waals surface area (Å²) < 4.78 is 5.54. The van der Waals surface area contributed by atoms with Gasteiger partial charge < -0.3 is 14.5 Å². The van der Waals surface area contributed by atoms with Gasteiger partial charge >= 0.3 is 6.09 Å². The molecule has 1 unspecified atom stereocenters. The molecular formula is C19H21N3O3S. The van der Waals surface area contributed by atoms with Gasteiger partial charge in [0.05, 0.1) is 28.7 Å². The number of aromatic nitrogens is 1. The molecule has 7 heteroatoms. The molecule has 2 aromatic rings. The number of ether oxygens (including phenoxy) is 1. The Morgan fingerprint density at radius 1 is 1.31 bits per heavy atom. The van der Waals surface area contributed by atoms with Crippen LogP contribution in [0.25, 0.3) is 10.4 Å². The van der Waals surface area contributed by atoms with Crippen molar-refractivity contribution in [3.63, 3.8) is 0 Å². The highest BCUT2D eigenvalue weighted by atomic mass is 32.1. The van der Waals surface area contributed by atoms with E-state index in [1.54, 1.807) is 28.2 Å². The number of amides is 2. The van der Waals surface area contributed by atoms with Crippen LogP contribution in [0, 0.1) is 13.8 Å². The van der Waals surface area contributed by atoms with Crippen molar-refractivity contribution < 1.29 is 14.3 Å². The summed E-state index contributed by atoms with van der Waals surface area (Å²) in [6.07, 6.45) is 0.374. The van der Waals surface area contributed by atoms with Gasteiger partial charge in [0.1, 0.15) is 0 Å². The van der Waals surface area contributed by atoms with Gasteiger partial charge in [0.2, 0.25) is 0 Å². The second-order valence-electron chi connectivity index (χ2n) is 7.11. The van der Waals surface area contributed by atoms with Gasteiger partial charge in [0, 0.05) is 25.6 Å². The first-order chi connectivity index (χ1) is 12.4. The van der Waals surface area contributed by atoms with Crippen LogP contribution in [0.2, 0.25) is 0 Å². The number of nitrogens with zero attached hydrogens (tertiary/aromatic N) is 3. The fraction of sp³-hybridized carbons (Fsp3) is 0.421. The molecule has 2 aliphatic heterocycles. The number of benzene rings is 1. The van der Waals surface area contributed by atoms with Crippen molar-refractivity contribution >= 4 is 23.3 Å². The summed E-state index contributed by atoms with van der Waals surface area (Å²) in [6.45, 7) is 5.56. The van der Waals surface area contributed by atoms with Crippen molar-refractivity contribution in [3.05, 3.63) is 40.5 Å². The van der Waals surface area contributed by atoms with Crippen molar-refractivity contribution in [1.82, 2.24) is 14.8 Å². The van der Waals surface area contributed by atoms with Crippen LogP contribution in [-0.2, 0) is 4.74 Å². The van der Waals surface area contributed by atoms with E-state index < -0.39 is 5.60 Å². The number of likely N-dealkylation sites (tertiary alicyclic amines) is 1. The highest BCUT2D eigenvalue weighted by molar-refractivity contribution is 7.15. The second kappa shape index (κ2) is 6.09. The fourth-order valence-corrected chi connectivity index (χ4v) is 4.71. The van der Waals surface area contributed by atoms with Crippen molar-refractivity contribution in [2.75, 3.05) is 26.7 Å². The summed E-state index contributed by atoms with van der Waals surface area (Å²) in [7, 11) is 1.73. The molecule has 26 heavy (non-hydrogen) atoms. The summed E-state index contributed by atoms with van der Waals surface area (Å²) in [4.78, 5) is 33.6. The summed E-state index contributed by atoms with van der Waals surface area (Å²) in [6, 6.07) is 7.69. The number of likely N-dealkylation sites (N-methyl/N-ethyl adjacent to an activating group) is 1. The summed E-state index contributed by atoms with van der Waals surface area (Å²) in [5, 5.41) is 1.02. The van der Waals surface area contributed by atoms with Crippen LogP contribution in [0.15, 0.2) is 24.3 Å². The minimum Gasteiger partial charge on any atom is -0.439 e. The van der Waals surface area contributed by atoms with E-state index in [9.17, 15) is 9.59 Å². The lowest BCUT2D eigenvalue weighted by Crippen LogP contribution is -2.39. The van der Waals surface area contributed by atoms with Crippen LogP contribution < -0.4 is 0 Å². The zero-order valence-corrected chi connectivity index (χ0v) is 15.9. The molecule has 1 atom stereocenters. The Balaban J connectivity index is 1.55. The van der Waals surface area contributed by atoms with Gasteiger partial charge in [-0.15, -0.1) is 11.3 Å². The highest BCUT2D eigenvalue weighted by Crippen LogP contribution is 2.34. The number of hydrogen-bond donors (Lipinski definition) is 0. The Morgan fingerprint density at radius 3 is 2.77 bits per heavy atom. The van der Waals surface area contributed by atoms with Crippen LogP contribution in [-0.4, -0.2) is 59.1 Å². The first-order valence-corrected chi connectivity index (χ1v) is 9.46. The predicted octanol–water partition coefficient (Wildman–Crippen LogP) is 3.09. The molecule has 0 saturated carbocycles. The molecule has 2 aliphatic rings. The first kappa shape index (κ1) is 17.0. The molecule has 0 radical (unpaired) electrons. The highest BCUT2D eigenvalue weighted by Gasteiger charge is 2.49. The van der Waals surface area contributed by atoms with Crippen molar-refractivity contribution in [2.45, 2.75) is 25.9 Å². The van der Waals surface area contributed by atoms with E-state index in [1.807, 2.05) is 38.1 Å². The van der Waals surface area contributed by atoms with Crippen molar-refractivity contribution in [3.8, 4) is 10.4 Å². The van der Waals surface area contributed by atoms with E-state index >= 15 is 0 Å². The number of rotatable bonds is 2. The topological polar surface area (TPSA) is 62.7 Å². The molecule has 2 fully saturated rings. The van der Waals surface area contributed by atoms with Crippen LogP contribution >= 0.6 is 11.3 Å². The monoisotopic (exact) mass is 371 g/mol. The molecule has 1 spiro atoms. The predicted molar refractivity (Wildman–Crippen MR) is 99.4 cm³/mol. The maximum Gasteiger partial charge on any atom is 0.410 e. The Bertz CT molecular complexity index is 894. The number of hydrogen-bond acceptors (Lipinski definition) is 5. The molecule has 4 rings (SSSR count). The molecule has 0 aliphatic carbocycles. The lowest BCUT2D eigenvalue weighted by molar-refractivity contribution is 0.0553. The number of aryl methyl sites for hydroxylation is 2. The van der Waals surface area contributed by atoms with Crippen LogP contribution in [0.3, 0.4) is 0 Å².